The zero-order chi connectivity index (χ0) is 17.1. The first-order valence-electron chi connectivity index (χ1n) is 10.4. The predicted molar refractivity (Wildman–Crippen MR) is 110 cm³/mol. The lowest BCUT2D eigenvalue weighted by atomic mass is 9.78. The van der Waals surface area contributed by atoms with Crippen molar-refractivity contribution in [2.75, 3.05) is 26.3 Å². The number of hydrogen-bond donors (Lipinski definition) is 2. The van der Waals surface area contributed by atoms with Gasteiger partial charge in [-0.1, -0.05) is 49.1 Å². The number of aryl methyl sites for hydroxylation is 1. The smallest absolute Gasteiger partial charge is 0.0623 e. The van der Waals surface area contributed by atoms with Crippen LogP contribution in [0.1, 0.15) is 56.1 Å². The van der Waals surface area contributed by atoms with Crippen LogP contribution in [-0.2, 0) is 10.2 Å². The summed E-state index contributed by atoms with van der Waals surface area (Å²) in [5, 5.41) is 7.74. The maximum atomic E-state index is 5.73. The Labute approximate surface area is 165 Å². The van der Waals surface area contributed by atoms with Gasteiger partial charge in [0.15, 0.2) is 0 Å². The van der Waals surface area contributed by atoms with Crippen molar-refractivity contribution < 1.29 is 4.74 Å². The molecule has 3 aliphatic rings. The van der Waals surface area contributed by atoms with Crippen LogP contribution in [-0.4, -0.2) is 38.4 Å². The summed E-state index contributed by atoms with van der Waals surface area (Å²) in [7, 11) is 0. The van der Waals surface area contributed by atoms with E-state index in [4.69, 9.17) is 4.74 Å². The van der Waals surface area contributed by atoms with Crippen molar-refractivity contribution in [3.63, 3.8) is 0 Å². The second-order valence-electron chi connectivity index (χ2n) is 8.57. The fourth-order valence-corrected chi connectivity index (χ4v) is 5.51. The average Bonchev–Trinajstić information content (AvgIpc) is 3.31. The highest BCUT2D eigenvalue weighted by atomic mass is 35.5. The number of halogens is 1. The maximum Gasteiger partial charge on any atom is 0.0623 e. The Bertz CT molecular complexity index is 567. The minimum Gasteiger partial charge on any atom is -0.379 e. The summed E-state index contributed by atoms with van der Waals surface area (Å²) in [6.45, 7) is 6.15. The summed E-state index contributed by atoms with van der Waals surface area (Å²) in [6, 6.07) is 10.5. The third-order valence-electron chi connectivity index (χ3n) is 6.93. The Morgan fingerprint density at radius 1 is 1.19 bits per heavy atom. The standard InChI is InChI=1S/C22H34N2O.ClH/c1-17-6-4-7-18(14-17)22(10-2-3-11-22)16-24-20-9-5-8-19(20)21-15-25-13-12-23-21;/h4,6-7,14,19-21,23-24H,2-3,5,8-13,15-16H2,1H3;1H. The Balaban J connectivity index is 0.00000196. The van der Waals surface area contributed by atoms with Gasteiger partial charge >= 0.3 is 0 Å². The van der Waals surface area contributed by atoms with Crippen LogP contribution in [0.3, 0.4) is 0 Å². The molecule has 26 heavy (non-hydrogen) atoms. The molecule has 1 aromatic carbocycles. The van der Waals surface area contributed by atoms with Gasteiger partial charge in [-0.3, -0.25) is 0 Å². The first kappa shape index (κ1) is 20.1. The van der Waals surface area contributed by atoms with Crippen LogP contribution >= 0.6 is 12.4 Å². The quantitative estimate of drug-likeness (QED) is 0.813. The van der Waals surface area contributed by atoms with Gasteiger partial charge in [0.25, 0.3) is 0 Å². The molecule has 0 aromatic heterocycles. The van der Waals surface area contributed by atoms with E-state index < -0.39 is 0 Å². The van der Waals surface area contributed by atoms with E-state index in [1.165, 1.54) is 50.5 Å². The van der Waals surface area contributed by atoms with Gasteiger partial charge in [0, 0.05) is 30.6 Å². The number of hydrogen-bond acceptors (Lipinski definition) is 3. The van der Waals surface area contributed by atoms with E-state index in [2.05, 4.69) is 41.8 Å². The fourth-order valence-electron chi connectivity index (χ4n) is 5.51. The fraction of sp³-hybridized carbons (Fsp3) is 0.727. The molecule has 0 spiro atoms. The molecule has 3 fully saturated rings. The molecule has 1 heterocycles. The Hall–Kier alpha value is -0.610. The van der Waals surface area contributed by atoms with E-state index >= 15 is 0 Å². The van der Waals surface area contributed by atoms with Crippen LogP contribution < -0.4 is 10.6 Å². The SMILES string of the molecule is Cc1cccc(C2(CNC3CCCC3C3COCCN3)CCCC2)c1.Cl. The number of nitrogens with one attached hydrogen (secondary N) is 2. The molecule has 1 aliphatic heterocycles. The molecule has 2 N–H and O–H groups in total. The Morgan fingerprint density at radius 2 is 2.04 bits per heavy atom. The van der Waals surface area contributed by atoms with Crippen LogP contribution in [0.4, 0.5) is 0 Å². The van der Waals surface area contributed by atoms with Gasteiger partial charge in [-0.05, 0) is 44.1 Å². The van der Waals surface area contributed by atoms with E-state index in [1.807, 2.05) is 0 Å². The lowest BCUT2D eigenvalue weighted by molar-refractivity contribution is 0.0521. The summed E-state index contributed by atoms with van der Waals surface area (Å²) in [6.07, 6.45) is 9.46. The molecule has 3 atom stereocenters. The van der Waals surface area contributed by atoms with Gasteiger partial charge in [0.1, 0.15) is 0 Å². The summed E-state index contributed by atoms with van der Waals surface area (Å²) in [5.41, 5.74) is 3.31. The molecule has 4 heteroatoms. The second kappa shape index (κ2) is 9.05. The van der Waals surface area contributed by atoms with Gasteiger partial charge in [-0.25, -0.2) is 0 Å². The lowest BCUT2D eigenvalue weighted by Gasteiger charge is -2.36. The van der Waals surface area contributed by atoms with E-state index in [0.717, 1.165) is 32.2 Å². The zero-order valence-electron chi connectivity index (χ0n) is 16.1. The van der Waals surface area contributed by atoms with Gasteiger partial charge in [-0.2, -0.15) is 0 Å². The van der Waals surface area contributed by atoms with E-state index in [0.29, 0.717) is 17.5 Å². The third kappa shape index (κ3) is 4.27. The lowest BCUT2D eigenvalue weighted by Crippen LogP contribution is -2.52. The average molecular weight is 379 g/mol. The molecule has 146 valence electrons. The number of rotatable bonds is 5. The molecule has 0 radical (unpaired) electrons. The van der Waals surface area contributed by atoms with Crippen LogP contribution in [0, 0.1) is 12.8 Å². The van der Waals surface area contributed by atoms with E-state index in [1.54, 1.807) is 5.56 Å². The van der Waals surface area contributed by atoms with Crippen molar-refractivity contribution in [3.05, 3.63) is 35.4 Å². The van der Waals surface area contributed by atoms with Crippen molar-refractivity contribution in [2.45, 2.75) is 69.4 Å². The largest absolute Gasteiger partial charge is 0.379 e. The van der Waals surface area contributed by atoms with Crippen LogP contribution in [0.15, 0.2) is 24.3 Å². The minimum atomic E-state index is 0. The monoisotopic (exact) mass is 378 g/mol. The van der Waals surface area contributed by atoms with Crippen LogP contribution in [0.5, 0.6) is 0 Å². The van der Waals surface area contributed by atoms with Gasteiger partial charge in [-0.15, -0.1) is 12.4 Å². The molecule has 2 saturated carbocycles. The Morgan fingerprint density at radius 3 is 2.77 bits per heavy atom. The molecule has 1 aromatic rings. The molecule has 3 unspecified atom stereocenters. The first-order valence-corrected chi connectivity index (χ1v) is 10.4. The highest BCUT2D eigenvalue weighted by Gasteiger charge is 2.39. The van der Waals surface area contributed by atoms with Gasteiger partial charge < -0.3 is 15.4 Å². The molecule has 1 saturated heterocycles. The summed E-state index contributed by atoms with van der Waals surface area (Å²) >= 11 is 0. The highest BCUT2D eigenvalue weighted by molar-refractivity contribution is 5.85. The Kier molecular flexibility index (Phi) is 7.01. The minimum absolute atomic E-state index is 0. The number of ether oxygens (including phenoxy) is 1. The highest BCUT2D eigenvalue weighted by Crippen LogP contribution is 2.41. The van der Waals surface area contributed by atoms with Crippen LogP contribution in [0.25, 0.3) is 0 Å². The first-order chi connectivity index (χ1) is 12.3. The molecule has 0 amide bonds. The molecule has 4 rings (SSSR count). The number of benzene rings is 1. The maximum absolute atomic E-state index is 5.73. The van der Waals surface area contributed by atoms with E-state index in [-0.39, 0.29) is 12.4 Å². The topological polar surface area (TPSA) is 33.3 Å². The van der Waals surface area contributed by atoms with E-state index in [9.17, 15) is 0 Å². The predicted octanol–water partition coefficient (Wildman–Crippen LogP) is 3.98. The van der Waals surface area contributed by atoms with Crippen molar-refractivity contribution in [1.82, 2.24) is 10.6 Å². The number of morpholine rings is 1. The van der Waals surface area contributed by atoms with Crippen LogP contribution in [0.2, 0.25) is 0 Å². The van der Waals surface area contributed by atoms with Crippen molar-refractivity contribution in [2.24, 2.45) is 5.92 Å². The molecule has 2 aliphatic carbocycles. The van der Waals surface area contributed by atoms with Crippen molar-refractivity contribution >= 4 is 12.4 Å². The molecule has 3 nitrogen and oxygen atoms in total. The van der Waals surface area contributed by atoms with Gasteiger partial charge in [0.05, 0.1) is 13.2 Å². The summed E-state index contributed by atoms with van der Waals surface area (Å²) < 4.78 is 5.73. The summed E-state index contributed by atoms with van der Waals surface area (Å²) in [4.78, 5) is 0. The second-order valence-corrected chi connectivity index (χ2v) is 8.57. The molecular formula is C22H35ClN2O. The van der Waals surface area contributed by atoms with Gasteiger partial charge in [0.2, 0.25) is 0 Å². The van der Waals surface area contributed by atoms with Crippen molar-refractivity contribution in [1.29, 1.82) is 0 Å². The third-order valence-corrected chi connectivity index (χ3v) is 6.93. The zero-order valence-corrected chi connectivity index (χ0v) is 17.0. The summed E-state index contributed by atoms with van der Waals surface area (Å²) in [5.74, 6) is 0.733. The molecular weight excluding hydrogens is 344 g/mol. The normalized spacial score (nSPS) is 30.9. The van der Waals surface area contributed by atoms with Crippen molar-refractivity contribution in [3.8, 4) is 0 Å². The molecule has 0 bridgehead atoms.